The number of rotatable bonds is 50. The van der Waals surface area contributed by atoms with Crippen LogP contribution in [-0.2, 0) is 28.6 Å². The Kier molecular flexibility index (Phi) is 48.7. The normalized spacial score (nSPS) is 11.8. The van der Waals surface area contributed by atoms with Crippen LogP contribution in [0.2, 0.25) is 0 Å². The van der Waals surface area contributed by atoms with E-state index in [1.165, 1.54) is 212 Å². The molecule has 0 aliphatic rings. The highest BCUT2D eigenvalue weighted by molar-refractivity contribution is 5.71. The smallest absolute Gasteiger partial charge is 0.306 e. The molecule has 0 heterocycles. The Labute approximate surface area is 374 Å². The van der Waals surface area contributed by atoms with Gasteiger partial charge in [0.25, 0.3) is 0 Å². The number of ether oxygens (including phenoxy) is 3. The number of carbonyl (C=O) groups excluding carboxylic acids is 3. The average Bonchev–Trinajstić information content (AvgIpc) is 3.24. The molecule has 6 nitrogen and oxygen atoms in total. The van der Waals surface area contributed by atoms with Crippen molar-refractivity contribution in [2.24, 2.45) is 0 Å². The molecular formula is C54H104O6. The first-order chi connectivity index (χ1) is 29.5. The number of esters is 3. The summed E-state index contributed by atoms with van der Waals surface area (Å²) in [5.74, 6) is -0.853. The molecular weight excluding hydrogens is 745 g/mol. The monoisotopic (exact) mass is 849 g/mol. The summed E-state index contributed by atoms with van der Waals surface area (Å²) in [6.45, 7) is 6.62. The molecule has 0 fully saturated rings. The molecule has 1 unspecified atom stereocenters. The number of carbonyl (C=O) groups is 3. The summed E-state index contributed by atoms with van der Waals surface area (Å²) in [6.07, 6.45) is 54.2. The van der Waals surface area contributed by atoms with E-state index in [0.29, 0.717) is 19.3 Å². The van der Waals surface area contributed by atoms with E-state index in [-0.39, 0.29) is 31.1 Å². The second-order valence-electron chi connectivity index (χ2n) is 18.5. The summed E-state index contributed by atoms with van der Waals surface area (Å²) in [7, 11) is 0. The average molecular weight is 849 g/mol. The van der Waals surface area contributed by atoms with Crippen molar-refractivity contribution in [2.45, 2.75) is 316 Å². The zero-order chi connectivity index (χ0) is 43.7. The molecule has 0 amide bonds. The van der Waals surface area contributed by atoms with Crippen molar-refractivity contribution in [2.75, 3.05) is 13.2 Å². The number of unbranched alkanes of at least 4 members (excludes halogenated alkanes) is 39. The van der Waals surface area contributed by atoms with E-state index in [2.05, 4.69) is 20.8 Å². The topological polar surface area (TPSA) is 78.9 Å². The molecule has 0 bridgehead atoms. The molecule has 1 atom stereocenters. The quantitative estimate of drug-likeness (QED) is 0.0345. The van der Waals surface area contributed by atoms with E-state index in [1.807, 2.05) is 0 Å². The van der Waals surface area contributed by atoms with Crippen LogP contribution < -0.4 is 0 Å². The van der Waals surface area contributed by atoms with Crippen LogP contribution in [0.1, 0.15) is 310 Å². The molecule has 0 aromatic carbocycles. The highest BCUT2D eigenvalue weighted by Gasteiger charge is 2.19. The Bertz CT molecular complexity index is 889. The van der Waals surface area contributed by atoms with Crippen molar-refractivity contribution < 1.29 is 28.6 Å². The molecule has 356 valence electrons. The zero-order valence-electron chi connectivity index (χ0n) is 40.8. The molecule has 0 N–H and O–H groups in total. The molecule has 0 aliphatic carbocycles. The predicted octanol–water partition coefficient (Wildman–Crippen LogP) is 17.6. The van der Waals surface area contributed by atoms with Gasteiger partial charge in [-0.05, 0) is 19.3 Å². The number of hydrogen-bond acceptors (Lipinski definition) is 6. The lowest BCUT2D eigenvalue weighted by Gasteiger charge is -2.18. The Morgan fingerprint density at radius 1 is 0.267 bits per heavy atom. The second kappa shape index (κ2) is 50.1. The van der Waals surface area contributed by atoms with E-state index in [4.69, 9.17) is 14.2 Å². The van der Waals surface area contributed by atoms with Crippen molar-refractivity contribution >= 4 is 17.9 Å². The third-order valence-electron chi connectivity index (χ3n) is 12.4. The summed E-state index contributed by atoms with van der Waals surface area (Å²) < 4.78 is 16.7. The summed E-state index contributed by atoms with van der Waals surface area (Å²) in [5.41, 5.74) is 0. The first-order valence-electron chi connectivity index (χ1n) is 27.0. The standard InChI is InChI=1S/C54H104O6/c1-4-7-10-13-16-18-20-22-23-24-25-26-27-28-29-30-31-32-33-35-36-38-41-44-47-53(56)59-50-51(49-58-52(55)46-43-40-15-12-9-6-3)60-54(57)48-45-42-39-37-34-21-19-17-14-11-8-5-2/h51H,4-50H2,1-3H3. The first-order valence-corrected chi connectivity index (χ1v) is 27.0. The fraction of sp³-hybridized carbons (Fsp3) is 0.944. The largest absolute Gasteiger partial charge is 0.462 e. The lowest BCUT2D eigenvalue weighted by molar-refractivity contribution is -0.167. The molecule has 0 aromatic rings. The first kappa shape index (κ1) is 58.4. The third-order valence-corrected chi connectivity index (χ3v) is 12.4. The van der Waals surface area contributed by atoms with Gasteiger partial charge in [-0.1, -0.05) is 271 Å². The fourth-order valence-electron chi connectivity index (χ4n) is 8.27. The maximum atomic E-state index is 12.7. The van der Waals surface area contributed by atoms with Gasteiger partial charge in [0.2, 0.25) is 0 Å². The third kappa shape index (κ3) is 47.5. The Morgan fingerprint density at radius 3 is 0.667 bits per heavy atom. The Balaban J connectivity index is 4.01. The van der Waals surface area contributed by atoms with Crippen LogP contribution in [0.3, 0.4) is 0 Å². The van der Waals surface area contributed by atoms with Crippen LogP contribution in [0.25, 0.3) is 0 Å². The van der Waals surface area contributed by atoms with Crippen LogP contribution in [0.15, 0.2) is 0 Å². The van der Waals surface area contributed by atoms with Gasteiger partial charge in [0, 0.05) is 19.3 Å². The molecule has 60 heavy (non-hydrogen) atoms. The van der Waals surface area contributed by atoms with Gasteiger partial charge >= 0.3 is 17.9 Å². The van der Waals surface area contributed by atoms with Crippen molar-refractivity contribution in [1.29, 1.82) is 0 Å². The highest BCUT2D eigenvalue weighted by Crippen LogP contribution is 2.17. The molecule has 0 aromatic heterocycles. The van der Waals surface area contributed by atoms with E-state index < -0.39 is 6.10 Å². The Morgan fingerprint density at radius 2 is 0.450 bits per heavy atom. The van der Waals surface area contributed by atoms with E-state index in [1.54, 1.807) is 0 Å². The SMILES string of the molecule is CCCCCCCCCCCCCCCCCCCCCCCCCCC(=O)OCC(COC(=O)CCCCCCCC)OC(=O)CCCCCCCCCCCCCC. The zero-order valence-corrected chi connectivity index (χ0v) is 40.8. The summed E-state index contributed by atoms with van der Waals surface area (Å²) in [6, 6.07) is 0. The van der Waals surface area contributed by atoms with Crippen LogP contribution in [0.4, 0.5) is 0 Å². The van der Waals surface area contributed by atoms with Crippen molar-refractivity contribution in [1.82, 2.24) is 0 Å². The molecule has 0 saturated heterocycles. The van der Waals surface area contributed by atoms with Crippen LogP contribution in [-0.4, -0.2) is 37.2 Å². The van der Waals surface area contributed by atoms with Crippen LogP contribution in [0, 0.1) is 0 Å². The summed E-state index contributed by atoms with van der Waals surface area (Å²) in [4.78, 5) is 37.7. The van der Waals surface area contributed by atoms with Crippen molar-refractivity contribution in [3.63, 3.8) is 0 Å². The van der Waals surface area contributed by atoms with Crippen molar-refractivity contribution in [3.8, 4) is 0 Å². The van der Waals surface area contributed by atoms with E-state index in [9.17, 15) is 14.4 Å². The van der Waals surface area contributed by atoms with Crippen LogP contribution >= 0.6 is 0 Å². The van der Waals surface area contributed by atoms with Gasteiger partial charge < -0.3 is 14.2 Å². The van der Waals surface area contributed by atoms with Gasteiger partial charge in [-0.3, -0.25) is 14.4 Å². The maximum absolute atomic E-state index is 12.7. The maximum Gasteiger partial charge on any atom is 0.306 e. The van der Waals surface area contributed by atoms with Gasteiger partial charge in [-0.15, -0.1) is 0 Å². The van der Waals surface area contributed by atoms with Gasteiger partial charge in [0.15, 0.2) is 6.10 Å². The Hall–Kier alpha value is -1.59. The van der Waals surface area contributed by atoms with Crippen molar-refractivity contribution in [3.05, 3.63) is 0 Å². The molecule has 0 saturated carbocycles. The molecule has 0 rings (SSSR count). The number of hydrogen-bond donors (Lipinski definition) is 0. The van der Waals surface area contributed by atoms with Crippen LogP contribution in [0.5, 0.6) is 0 Å². The second-order valence-corrected chi connectivity index (χ2v) is 18.5. The lowest BCUT2D eigenvalue weighted by atomic mass is 10.0. The summed E-state index contributed by atoms with van der Waals surface area (Å²) >= 11 is 0. The minimum absolute atomic E-state index is 0.0628. The van der Waals surface area contributed by atoms with Gasteiger partial charge in [-0.25, -0.2) is 0 Å². The lowest BCUT2D eigenvalue weighted by Crippen LogP contribution is -2.30. The highest BCUT2D eigenvalue weighted by atomic mass is 16.6. The minimum atomic E-state index is -0.758. The predicted molar refractivity (Wildman–Crippen MR) is 257 cm³/mol. The summed E-state index contributed by atoms with van der Waals surface area (Å²) in [5, 5.41) is 0. The van der Waals surface area contributed by atoms with E-state index >= 15 is 0 Å². The van der Waals surface area contributed by atoms with Gasteiger partial charge in [-0.2, -0.15) is 0 Å². The van der Waals surface area contributed by atoms with Gasteiger partial charge in [0.05, 0.1) is 0 Å². The van der Waals surface area contributed by atoms with E-state index in [0.717, 1.165) is 57.8 Å². The molecule has 6 heteroatoms. The minimum Gasteiger partial charge on any atom is -0.462 e. The molecule has 0 spiro atoms. The molecule has 0 aliphatic heterocycles. The van der Waals surface area contributed by atoms with Gasteiger partial charge in [0.1, 0.15) is 13.2 Å². The fourth-order valence-corrected chi connectivity index (χ4v) is 8.27. The molecule has 0 radical (unpaired) electrons.